The third kappa shape index (κ3) is 5.54. The van der Waals surface area contributed by atoms with Gasteiger partial charge in [0.15, 0.2) is 17.5 Å². The van der Waals surface area contributed by atoms with Crippen LogP contribution in [0.2, 0.25) is 0 Å². The van der Waals surface area contributed by atoms with Gasteiger partial charge in [-0.2, -0.15) is 0 Å². The molecule has 4 heteroatoms. The molecule has 0 saturated heterocycles. The SMILES string of the molecule is [2H]c1c([2H])c([2H])c(-c2ccc3ccc(-c4cccc(-c5nc(-c6ccc7c(c6)sc6ccccc67)nc(-c6cccc7ccc8ccccc8c67)n5)c4)cc3c2)c([2H])c1[2H]. The second kappa shape index (κ2) is 12.8. The van der Waals surface area contributed by atoms with Crippen LogP contribution in [0.15, 0.2) is 188 Å². The van der Waals surface area contributed by atoms with E-state index in [1.165, 1.54) is 20.2 Å². The van der Waals surface area contributed by atoms with Gasteiger partial charge < -0.3 is 0 Å². The molecule has 55 heavy (non-hydrogen) atoms. The number of hydrogen-bond donors (Lipinski definition) is 0. The third-order valence-electron chi connectivity index (χ3n) is 10.4. The fourth-order valence-corrected chi connectivity index (χ4v) is 8.82. The fourth-order valence-electron chi connectivity index (χ4n) is 7.68. The predicted molar refractivity (Wildman–Crippen MR) is 232 cm³/mol. The molecule has 0 unspecified atom stereocenters. The number of hydrogen-bond acceptors (Lipinski definition) is 4. The Morgan fingerprint density at radius 1 is 0.364 bits per heavy atom. The van der Waals surface area contributed by atoms with Crippen molar-refractivity contribution in [2.24, 2.45) is 0 Å². The minimum absolute atomic E-state index is 0.183. The highest BCUT2D eigenvalue weighted by Crippen LogP contribution is 2.38. The Morgan fingerprint density at radius 2 is 0.964 bits per heavy atom. The van der Waals surface area contributed by atoms with Crippen LogP contribution >= 0.6 is 11.3 Å². The maximum Gasteiger partial charge on any atom is 0.164 e. The van der Waals surface area contributed by atoms with E-state index in [1.807, 2.05) is 36.4 Å². The van der Waals surface area contributed by atoms with E-state index in [0.717, 1.165) is 60.1 Å². The Balaban J connectivity index is 1.07. The van der Waals surface area contributed by atoms with Crippen molar-refractivity contribution in [3.63, 3.8) is 0 Å². The van der Waals surface area contributed by atoms with Gasteiger partial charge in [0, 0.05) is 42.2 Å². The van der Waals surface area contributed by atoms with E-state index in [0.29, 0.717) is 23.0 Å². The monoisotopic (exact) mass is 722 g/mol. The maximum absolute atomic E-state index is 8.55. The minimum atomic E-state index is -0.406. The van der Waals surface area contributed by atoms with Crippen molar-refractivity contribution < 1.29 is 6.85 Å². The van der Waals surface area contributed by atoms with Gasteiger partial charge in [-0.15, -0.1) is 11.3 Å². The number of fused-ring (bicyclic) bond motifs is 7. The van der Waals surface area contributed by atoms with E-state index < -0.39 is 6.04 Å². The summed E-state index contributed by atoms with van der Waals surface area (Å²) in [4.78, 5) is 15.6. The first kappa shape index (κ1) is 26.7. The van der Waals surface area contributed by atoms with Crippen molar-refractivity contribution in [1.29, 1.82) is 0 Å². The molecule has 9 aromatic carbocycles. The smallest absolute Gasteiger partial charge is 0.164 e. The molecule has 0 aliphatic rings. The van der Waals surface area contributed by atoms with Gasteiger partial charge in [-0.25, -0.2) is 15.0 Å². The van der Waals surface area contributed by atoms with Crippen molar-refractivity contribution >= 4 is 63.8 Å². The number of benzene rings is 9. The molecule has 0 bridgehead atoms. The van der Waals surface area contributed by atoms with E-state index in [-0.39, 0.29) is 29.7 Å². The topological polar surface area (TPSA) is 38.7 Å². The quantitative estimate of drug-likeness (QED) is 0.166. The lowest BCUT2D eigenvalue weighted by atomic mass is 9.96. The number of thiophene rings is 1. The van der Waals surface area contributed by atoms with Gasteiger partial charge in [0.25, 0.3) is 0 Å². The molecule has 11 rings (SSSR count). The van der Waals surface area contributed by atoms with Crippen LogP contribution in [0, 0.1) is 0 Å². The largest absolute Gasteiger partial charge is 0.208 e. The molecule has 11 aromatic rings. The van der Waals surface area contributed by atoms with Crippen LogP contribution in [-0.4, -0.2) is 15.0 Å². The molecule has 0 fully saturated rings. The molecule has 0 atom stereocenters. The normalized spacial score (nSPS) is 12.9. The first-order chi connectivity index (χ1) is 29.3. The summed E-state index contributed by atoms with van der Waals surface area (Å²) < 4.78 is 44.0. The summed E-state index contributed by atoms with van der Waals surface area (Å²) in [5, 5.41) is 8.76. The number of nitrogens with zero attached hydrogens (tertiary/aromatic N) is 3. The summed E-state index contributed by atoms with van der Waals surface area (Å²) in [5.74, 6) is 1.72. The highest BCUT2D eigenvalue weighted by Gasteiger charge is 2.17. The van der Waals surface area contributed by atoms with Crippen molar-refractivity contribution in [3.05, 3.63) is 188 Å². The summed E-state index contributed by atoms with van der Waals surface area (Å²) in [5.41, 5.74) is 5.32. The molecule has 0 aliphatic carbocycles. The zero-order valence-corrected chi connectivity index (χ0v) is 30.1. The average molecular weight is 723 g/mol. The zero-order valence-electron chi connectivity index (χ0n) is 34.3. The van der Waals surface area contributed by atoms with E-state index >= 15 is 0 Å². The Bertz CT molecular complexity index is 3550. The molecule has 0 amide bonds. The summed E-state index contributed by atoms with van der Waals surface area (Å²) in [6, 6.07) is 52.4. The van der Waals surface area contributed by atoms with Crippen molar-refractivity contribution in [3.8, 4) is 56.4 Å². The number of aromatic nitrogens is 3. The molecule has 0 saturated carbocycles. The summed E-state index contributed by atoms with van der Waals surface area (Å²) in [6.07, 6.45) is 0. The van der Waals surface area contributed by atoms with Crippen LogP contribution in [-0.2, 0) is 0 Å². The first-order valence-corrected chi connectivity index (χ1v) is 18.9. The molecule has 0 spiro atoms. The van der Waals surface area contributed by atoms with Gasteiger partial charge in [-0.1, -0.05) is 158 Å². The van der Waals surface area contributed by atoms with E-state index in [1.54, 1.807) is 11.3 Å². The van der Waals surface area contributed by atoms with E-state index in [4.69, 9.17) is 21.8 Å². The van der Waals surface area contributed by atoms with Gasteiger partial charge in [0.1, 0.15) is 0 Å². The lowest BCUT2D eigenvalue weighted by Gasteiger charge is -2.13. The lowest BCUT2D eigenvalue weighted by molar-refractivity contribution is 1.08. The first-order valence-electron chi connectivity index (χ1n) is 20.6. The van der Waals surface area contributed by atoms with Crippen LogP contribution in [0.1, 0.15) is 6.85 Å². The van der Waals surface area contributed by atoms with Crippen molar-refractivity contribution in [2.75, 3.05) is 0 Å². The van der Waals surface area contributed by atoms with Crippen LogP contribution in [0.4, 0.5) is 0 Å². The van der Waals surface area contributed by atoms with E-state index in [2.05, 4.69) is 121 Å². The molecule has 2 aromatic heterocycles. The zero-order chi connectivity index (χ0) is 40.6. The molecule has 256 valence electrons. The van der Waals surface area contributed by atoms with Crippen LogP contribution < -0.4 is 0 Å². The molecular formula is C51H31N3S. The van der Waals surface area contributed by atoms with Crippen LogP contribution in [0.3, 0.4) is 0 Å². The Labute approximate surface area is 328 Å². The Hall–Kier alpha value is -7.01. The Morgan fingerprint density at radius 3 is 1.82 bits per heavy atom. The molecular weight excluding hydrogens is 687 g/mol. The number of rotatable bonds is 5. The van der Waals surface area contributed by atoms with E-state index in [9.17, 15) is 0 Å². The van der Waals surface area contributed by atoms with Crippen LogP contribution in [0.25, 0.3) is 109 Å². The molecule has 0 N–H and O–H groups in total. The lowest BCUT2D eigenvalue weighted by Crippen LogP contribution is -2.01. The highest BCUT2D eigenvalue weighted by atomic mass is 32.1. The third-order valence-corrected chi connectivity index (χ3v) is 11.5. The summed E-state index contributed by atoms with van der Waals surface area (Å²) in [6.45, 7) is 0. The predicted octanol–water partition coefficient (Wildman–Crippen LogP) is 14.0. The summed E-state index contributed by atoms with van der Waals surface area (Å²) in [7, 11) is 0. The molecule has 2 heterocycles. The van der Waals surface area contributed by atoms with Crippen molar-refractivity contribution in [1.82, 2.24) is 15.0 Å². The maximum atomic E-state index is 8.55. The summed E-state index contributed by atoms with van der Waals surface area (Å²) >= 11 is 1.76. The van der Waals surface area contributed by atoms with Gasteiger partial charge >= 0.3 is 0 Å². The standard InChI is InChI=1S/C51H31N3S/c1-2-10-32(11-3-1)37-24-20-33-21-25-38(30-41(33)29-37)36-14-8-15-39(28-36)49-52-50(40-26-27-44-43-17-6-7-19-46(43)55-47(44)31-40)54-51(53-49)45-18-9-13-35-23-22-34-12-4-5-16-42(34)48(35)45/h1-31H/i1D,2D,3D,10D,11D. The molecule has 3 nitrogen and oxygen atoms in total. The molecule has 0 aliphatic heterocycles. The fraction of sp³-hybridized carbons (Fsp3) is 0. The van der Waals surface area contributed by atoms with Gasteiger partial charge in [-0.05, 0) is 79.5 Å². The van der Waals surface area contributed by atoms with Crippen LogP contribution in [0.5, 0.6) is 0 Å². The minimum Gasteiger partial charge on any atom is -0.208 e. The second-order valence-corrected chi connectivity index (χ2v) is 14.7. The van der Waals surface area contributed by atoms with Crippen molar-refractivity contribution in [2.45, 2.75) is 0 Å². The second-order valence-electron chi connectivity index (χ2n) is 13.7. The molecule has 0 radical (unpaired) electrons. The van der Waals surface area contributed by atoms with Gasteiger partial charge in [0.05, 0.1) is 6.85 Å². The Kier molecular flexibility index (Phi) is 6.23. The average Bonchev–Trinajstić information content (AvgIpc) is 3.68. The highest BCUT2D eigenvalue weighted by molar-refractivity contribution is 7.25. The van der Waals surface area contributed by atoms with Gasteiger partial charge in [0.2, 0.25) is 0 Å². The van der Waals surface area contributed by atoms with Gasteiger partial charge in [-0.3, -0.25) is 0 Å².